The Balaban J connectivity index is 2.05. The van der Waals surface area contributed by atoms with Crippen LogP contribution in [0.4, 0.5) is 9.59 Å². The number of rotatable bonds is 5. The number of carbonyl (C=O) groups is 3. The van der Waals surface area contributed by atoms with Crippen molar-refractivity contribution in [1.82, 2.24) is 24.8 Å². The molecule has 1 aliphatic rings. The zero-order valence-electron chi connectivity index (χ0n) is 13.2. The van der Waals surface area contributed by atoms with Gasteiger partial charge in [-0.2, -0.15) is 0 Å². The van der Waals surface area contributed by atoms with Gasteiger partial charge in [-0.1, -0.05) is 5.21 Å². The molecule has 0 spiro atoms. The molecule has 2 rings (SSSR count). The average molecular weight is 341 g/mol. The fourth-order valence-corrected chi connectivity index (χ4v) is 2.59. The molecular weight excluding hydrogens is 322 g/mol. The molecule has 1 saturated heterocycles. The predicted molar refractivity (Wildman–Crippen MR) is 78.7 cm³/mol. The Hall–Kier alpha value is -2.85. The number of carboxylic acid groups (broad SMARTS) is 2. The Labute approximate surface area is 137 Å². The molecule has 2 amide bonds. The van der Waals surface area contributed by atoms with Gasteiger partial charge in [0.1, 0.15) is 0 Å². The summed E-state index contributed by atoms with van der Waals surface area (Å²) in [7, 11) is 0. The quantitative estimate of drug-likeness (QED) is 0.724. The highest BCUT2D eigenvalue weighted by Gasteiger charge is 2.32. The van der Waals surface area contributed by atoms with E-state index in [1.807, 2.05) is 0 Å². The van der Waals surface area contributed by atoms with Crippen molar-refractivity contribution in [2.75, 3.05) is 26.2 Å². The highest BCUT2D eigenvalue weighted by molar-refractivity contribution is 5.87. The van der Waals surface area contributed by atoms with E-state index in [4.69, 9.17) is 9.84 Å². The molecule has 0 aliphatic carbocycles. The zero-order valence-corrected chi connectivity index (χ0v) is 13.2. The lowest BCUT2D eigenvalue weighted by molar-refractivity contribution is 0.0502. The van der Waals surface area contributed by atoms with E-state index in [1.54, 1.807) is 6.92 Å². The molecule has 1 aromatic heterocycles. The summed E-state index contributed by atoms with van der Waals surface area (Å²) in [6, 6.07) is -0.522. The number of hydrogen-bond acceptors (Lipinski definition) is 6. The number of carbonyl (C=O) groups excluding carboxylic acids is 1. The van der Waals surface area contributed by atoms with Gasteiger partial charge in [0, 0.05) is 26.2 Å². The second kappa shape index (κ2) is 7.62. The predicted octanol–water partition coefficient (Wildman–Crippen LogP) is 0.187. The van der Waals surface area contributed by atoms with Crippen LogP contribution in [0.25, 0.3) is 0 Å². The third-order valence-electron chi connectivity index (χ3n) is 3.78. The molecule has 0 saturated carbocycles. The van der Waals surface area contributed by atoms with Gasteiger partial charge < -0.3 is 24.7 Å². The van der Waals surface area contributed by atoms with E-state index in [9.17, 15) is 19.5 Å². The standard InChI is InChI=1S/C13H19N5O6/c1-2-24-11(19)10-7-14-15-18(10)4-3-9-8-16(12(20)21)5-6-17(9)13(22)23/h7,9H,2-6,8H2,1H3,(H,20,21)(H,22,23)/t9-/m1/s1. The number of nitrogens with zero attached hydrogens (tertiary/aromatic N) is 5. The summed E-state index contributed by atoms with van der Waals surface area (Å²) in [4.78, 5) is 36.6. The summed E-state index contributed by atoms with van der Waals surface area (Å²) in [6.07, 6.45) is -0.615. The third-order valence-corrected chi connectivity index (χ3v) is 3.78. The van der Waals surface area contributed by atoms with Crippen LogP contribution in [-0.4, -0.2) is 85.4 Å². The van der Waals surface area contributed by atoms with Gasteiger partial charge in [-0.3, -0.25) is 0 Å². The van der Waals surface area contributed by atoms with E-state index < -0.39 is 24.2 Å². The Morgan fingerprint density at radius 2 is 2.04 bits per heavy atom. The van der Waals surface area contributed by atoms with Crippen molar-refractivity contribution >= 4 is 18.2 Å². The molecule has 0 bridgehead atoms. The zero-order chi connectivity index (χ0) is 17.7. The highest BCUT2D eigenvalue weighted by atomic mass is 16.5. The Morgan fingerprint density at radius 1 is 1.29 bits per heavy atom. The fourth-order valence-electron chi connectivity index (χ4n) is 2.59. The van der Waals surface area contributed by atoms with Gasteiger partial charge in [-0.05, 0) is 13.3 Å². The monoisotopic (exact) mass is 341 g/mol. The van der Waals surface area contributed by atoms with E-state index in [0.717, 1.165) is 0 Å². The normalized spacial score (nSPS) is 17.6. The topological polar surface area (TPSA) is 138 Å². The molecule has 1 aliphatic heterocycles. The first-order valence-corrected chi connectivity index (χ1v) is 7.47. The number of hydrogen-bond donors (Lipinski definition) is 2. The maximum absolute atomic E-state index is 11.8. The van der Waals surface area contributed by atoms with Crippen LogP contribution in [0, 0.1) is 0 Å². The molecule has 11 heteroatoms. The molecular formula is C13H19N5O6. The molecule has 1 aromatic rings. The molecule has 132 valence electrons. The molecule has 2 N–H and O–H groups in total. The smallest absolute Gasteiger partial charge is 0.407 e. The Kier molecular flexibility index (Phi) is 5.55. The number of aryl methyl sites for hydroxylation is 1. The SMILES string of the molecule is CCOC(=O)c1cnnn1CC[C@@H]1CN(C(=O)O)CCN1C(=O)O. The van der Waals surface area contributed by atoms with E-state index >= 15 is 0 Å². The number of aromatic nitrogens is 3. The van der Waals surface area contributed by atoms with E-state index in [0.29, 0.717) is 6.42 Å². The van der Waals surface area contributed by atoms with Crippen LogP contribution in [-0.2, 0) is 11.3 Å². The van der Waals surface area contributed by atoms with Crippen molar-refractivity contribution in [2.45, 2.75) is 25.9 Å². The van der Waals surface area contributed by atoms with Crippen LogP contribution < -0.4 is 0 Å². The summed E-state index contributed by atoms with van der Waals surface area (Å²) in [5, 5.41) is 25.8. The van der Waals surface area contributed by atoms with Crippen LogP contribution in [0.1, 0.15) is 23.8 Å². The van der Waals surface area contributed by atoms with E-state index in [2.05, 4.69) is 10.3 Å². The summed E-state index contributed by atoms with van der Waals surface area (Å²) in [5.41, 5.74) is 0.171. The van der Waals surface area contributed by atoms with E-state index in [-0.39, 0.29) is 38.5 Å². The maximum atomic E-state index is 11.8. The fraction of sp³-hybridized carbons (Fsp3) is 0.615. The molecule has 0 aromatic carbocycles. The second-order valence-corrected chi connectivity index (χ2v) is 5.21. The minimum atomic E-state index is -1.10. The number of amides is 2. The summed E-state index contributed by atoms with van der Waals surface area (Å²) in [6.45, 7) is 2.43. The third kappa shape index (κ3) is 3.91. The van der Waals surface area contributed by atoms with Gasteiger partial charge in [-0.15, -0.1) is 5.10 Å². The average Bonchev–Trinajstić information content (AvgIpc) is 3.01. The molecule has 11 nitrogen and oxygen atoms in total. The second-order valence-electron chi connectivity index (χ2n) is 5.21. The Morgan fingerprint density at radius 3 is 2.67 bits per heavy atom. The molecule has 0 unspecified atom stereocenters. The summed E-state index contributed by atoms with van der Waals surface area (Å²) in [5.74, 6) is -0.562. The lowest BCUT2D eigenvalue weighted by atomic mass is 10.1. The van der Waals surface area contributed by atoms with Gasteiger partial charge in [-0.25, -0.2) is 19.1 Å². The molecule has 24 heavy (non-hydrogen) atoms. The van der Waals surface area contributed by atoms with Crippen molar-refractivity contribution in [1.29, 1.82) is 0 Å². The van der Waals surface area contributed by atoms with Crippen LogP contribution in [0.5, 0.6) is 0 Å². The first kappa shape index (κ1) is 17.5. The minimum absolute atomic E-state index is 0.0745. The maximum Gasteiger partial charge on any atom is 0.407 e. The van der Waals surface area contributed by atoms with Crippen molar-refractivity contribution < 1.29 is 29.3 Å². The first-order valence-electron chi connectivity index (χ1n) is 7.47. The summed E-state index contributed by atoms with van der Waals surface area (Å²) < 4.78 is 6.23. The highest BCUT2D eigenvalue weighted by Crippen LogP contribution is 2.15. The molecule has 2 heterocycles. The lowest BCUT2D eigenvalue weighted by Crippen LogP contribution is -2.56. The van der Waals surface area contributed by atoms with Gasteiger partial charge in [0.05, 0.1) is 18.8 Å². The molecule has 1 atom stereocenters. The van der Waals surface area contributed by atoms with Crippen LogP contribution in [0.2, 0.25) is 0 Å². The van der Waals surface area contributed by atoms with Gasteiger partial charge >= 0.3 is 18.2 Å². The first-order chi connectivity index (χ1) is 11.4. The minimum Gasteiger partial charge on any atom is -0.465 e. The Bertz CT molecular complexity index is 618. The number of piperazine rings is 1. The lowest BCUT2D eigenvalue weighted by Gasteiger charge is -2.38. The van der Waals surface area contributed by atoms with Gasteiger partial charge in [0.15, 0.2) is 5.69 Å². The van der Waals surface area contributed by atoms with Crippen molar-refractivity contribution in [3.05, 3.63) is 11.9 Å². The van der Waals surface area contributed by atoms with Crippen molar-refractivity contribution in [2.24, 2.45) is 0 Å². The van der Waals surface area contributed by atoms with Crippen LogP contribution in [0.15, 0.2) is 6.20 Å². The van der Waals surface area contributed by atoms with Crippen molar-refractivity contribution in [3.8, 4) is 0 Å². The molecule has 0 radical (unpaired) electrons. The largest absolute Gasteiger partial charge is 0.465 e. The van der Waals surface area contributed by atoms with Crippen LogP contribution >= 0.6 is 0 Å². The van der Waals surface area contributed by atoms with E-state index in [1.165, 1.54) is 20.7 Å². The van der Waals surface area contributed by atoms with Gasteiger partial charge in [0.25, 0.3) is 0 Å². The molecule has 1 fully saturated rings. The van der Waals surface area contributed by atoms with Gasteiger partial charge in [0.2, 0.25) is 0 Å². The number of esters is 1. The number of ether oxygens (including phenoxy) is 1. The van der Waals surface area contributed by atoms with Crippen molar-refractivity contribution in [3.63, 3.8) is 0 Å². The summed E-state index contributed by atoms with van der Waals surface area (Å²) >= 11 is 0. The van der Waals surface area contributed by atoms with Crippen LogP contribution in [0.3, 0.4) is 0 Å².